The van der Waals surface area contributed by atoms with Gasteiger partial charge in [0.05, 0.1) is 19.3 Å². The van der Waals surface area contributed by atoms with Gasteiger partial charge in [0.1, 0.15) is 18.1 Å². The molecule has 2 heterocycles. The zero-order chi connectivity index (χ0) is 23.8. The van der Waals surface area contributed by atoms with Crippen LogP contribution in [0.25, 0.3) is 0 Å². The lowest BCUT2D eigenvalue weighted by atomic mass is 10.1. The number of benzene rings is 2. The number of carbonyl (C=O) groups excluding carboxylic acids is 1. The standard InChI is InChI=1S/C27H37N3O4/c1-33-23-10-6-21(7-11-23)19-30-16-4-5-26(31)25(20-30)28-27(32)22-8-12-24(13-9-22)34-18-17-29-14-2-3-15-29/h6-13,25-26,31H,2-5,14-20H2,1H3,(H,28,32)/t25-,26-/m1/s1. The van der Waals surface area contributed by atoms with Gasteiger partial charge < -0.3 is 19.9 Å². The number of rotatable bonds is 9. The van der Waals surface area contributed by atoms with Gasteiger partial charge in [-0.05, 0) is 87.3 Å². The molecule has 0 saturated carbocycles. The van der Waals surface area contributed by atoms with E-state index in [4.69, 9.17) is 9.47 Å². The van der Waals surface area contributed by atoms with Crippen molar-refractivity contribution >= 4 is 5.91 Å². The van der Waals surface area contributed by atoms with Crippen LogP contribution in [0.2, 0.25) is 0 Å². The number of aliphatic hydroxyl groups excluding tert-OH is 1. The molecule has 2 aliphatic rings. The summed E-state index contributed by atoms with van der Waals surface area (Å²) in [5, 5.41) is 13.7. The Hall–Kier alpha value is -2.61. The lowest BCUT2D eigenvalue weighted by Crippen LogP contribution is -2.48. The van der Waals surface area contributed by atoms with Crippen LogP contribution in [0.4, 0.5) is 0 Å². The third-order valence-electron chi connectivity index (χ3n) is 6.77. The Bertz CT molecular complexity index is 897. The van der Waals surface area contributed by atoms with Crippen LogP contribution in [-0.2, 0) is 6.54 Å². The van der Waals surface area contributed by atoms with Crippen LogP contribution < -0.4 is 14.8 Å². The summed E-state index contributed by atoms with van der Waals surface area (Å²) in [6.07, 6.45) is 3.57. The molecule has 0 spiro atoms. The van der Waals surface area contributed by atoms with Crippen LogP contribution in [0.5, 0.6) is 11.5 Å². The topological polar surface area (TPSA) is 74.3 Å². The van der Waals surface area contributed by atoms with Crippen molar-refractivity contribution in [3.63, 3.8) is 0 Å². The highest BCUT2D eigenvalue weighted by Gasteiger charge is 2.27. The highest BCUT2D eigenvalue weighted by molar-refractivity contribution is 5.94. The third kappa shape index (κ3) is 6.95. The summed E-state index contributed by atoms with van der Waals surface area (Å²) in [5.74, 6) is 1.44. The Morgan fingerprint density at radius 3 is 2.35 bits per heavy atom. The summed E-state index contributed by atoms with van der Waals surface area (Å²) in [4.78, 5) is 17.6. The van der Waals surface area contributed by atoms with Gasteiger partial charge in [-0.3, -0.25) is 14.6 Å². The molecule has 2 saturated heterocycles. The minimum atomic E-state index is -0.557. The van der Waals surface area contributed by atoms with Crippen molar-refractivity contribution in [2.75, 3.05) is 46.4 Å². The van der Waals surface area contributed by atoms with Crippen molar-refractivity contribution in [3.8, 4) is 11.5 Å². The third-order valence-corrected chi connectivity index (χ3v) is 6.77. The van der Waals surface area contributed by atoms with Gasteiger partial charge in [-0.15, -0.1) is 0 Å². The maximum atomic E-state index is 12.9. The van der Waals surface area contributed by atoms with Gasteiger partial charge >= 0.3 is 0 Å². The molecule has 2 N–H and O–H groups in total. The quantitative estimate of drug-likeness (QED) is 0.591. The molecule has 4 rings (SSSR count). The molecule has 184 valence electrons. The molecule has 1 amide bonds. The Balaban J connectivity index is 1.29. The predicted octanol–water partition coefficient (Wildman–Crippen LogP) is 2.93. The summed E-state index contributed by atoms with van der Waals surface area (Å²) in [6.45, 7) is 6.18. The number of aliphatic hydroxyl groups is 1. The van der Waals surface area contributed by atoms with Crippen molar-refractivity contribution < 1.29 is 19.4 Å². The van der Waals surface area contributed by atoms with E-state index in [9.17, 15) is 9.90 Å². The molecular formula is C27H37N3O4. The fourth-order valence-electron chi connectivity index (χ4n) is 4.74. The molecule has 0 unspecified atom stereocenters. The van der Waals surface area contributed by atoms with Gasteiger partial charge in [-0.1, -0.05) is 12.1 Å². The number of likely N-dealkylation sites (tertiary alicyclic amines) is 2. The first-order chi connectivity index (χ1) is 16.6. The predicted molar refractivity (Wildman–Crippen MR) is 132 cm³/mol. The average Bonchev–Trinajstić information content (AvgIpc) is 3.31. The summed E-state index contributed by atoms with van der Waals surface area (Å²) in [7, 11) is 1.66. The Kier molecular flexibility index (Phi) is 8.79. The molecule has 2 aromatic rings. The monoisotopic (exact) mass is 467 g/mol. The van der Waals surface area contributed by atoms with E-state index < -0.39 is 6.10 Å². The van der Waals surface area contributed by atoms with Crippen LogP contribution in [0.3, 0.4) is 0 Å². The van der Waals surface area contributed by atoms with Crippen LogP contribution >= 0.6 is 0 Å². The number of nitrogens with zero attached hydrogens (tertiary/aromatic N) is 2. The second kappa shape index (κ2) is 12.2. The summed E-state index contributed by atoms with van der Waals surface area (Å²) in [6, 6.07) is 15.0. The van der Waals surface area contributed by atoms with E-state index in [1.807, 2.05) is 24.3 Å². The Morgan fingerprint density at radius 1 is 0.971 bits per heavy atom. The van der Waals surface area contributed by atoms with Gasteiger partial charge in [0, 0.05) is 25.2 Å². The molecule has 0 aromatic heterocycles. The first-order valence-corrected chi connectivity index (χ1v) is 12.4. The fourth-order valence-corrected chi connectivity index (χ4v) is 4.74. The zero-order valence-corrected chi connectivity index (χ0v) is 20.1. The summed E-state index contributed by atoms with van der Waals surface area (Å²) < 4.78 is 11.1. The van der Waals surface area contributed by atoms with Crippen molar-refractivity contribution in [1.29, 1.82) is 0 Å². The average molecular weight is 468 g/mol. The maximum Gasteiger partial charge on any atom is 0.251 e. The Labute approximate surface area is 202 Å². The van der Waals surface area contributed by atoms with Gasteiger partial charge in [0.15, 0.2) is 0 Å². The largest absolute Gasteiger partial charge is 0.497 e. The number of methoxy groups -OCH3 is 1. The van der Waals surface area contributed by atoms with Crippen molar-refractivity contribution in [1.82, 2.24) is 15.1 Å². The van der Waals surface area contributed by atoms with Gasteiger partial charge in [-0.2, -0.15) is 0 Å². The number of carbonyl (C=O) groups is 1. The van der Waals surface area contributed by atoms with E-state index in [0.717, 1.165) is 50.6 Å². The van der Waals surface area contributed by atoms with Crippen molar-refractivity contribution in [2.24, 2.45) is 0 Å². The number of amides is 1. The van der Waals surface area contributed by atoms with E-state index in [-0.39, 0.29) is 11.9 Å². The zero-order valence-electron chi connectivity index (χ0n) is 20.1. The van der Waals surface area contributed by atoms with E-state index in [1.54, 1.807) is 19.2 Å². The molecular weight excluding hydrogens is 430 g/mol. The van der Waals surface area contributed by atoms with Gasteiger partial charge in [0.2, 0.25) is 0 Å². The van der Waals surface area contributed by atoms with Gasteiger partial charge in [-0.25, -0.2) is 0 Å². The first kappa shape index (κ1) is 24.5. The number of ether oxygens (including phenoxy) is 2. The molecule has 0 radical (unpaired) electrons. The molecule has 7 heteroatoms. The second-order valence-corrected chi connectivity index (χ2v) is 9.29. The van der Waals surface area contributed by atoms with Crippen LogP contribution in [-0.4, -0.2) is 79.4 Å². The van der Waals surface area contributed by atoms with E-state index in [0.29, 0.717) is 25.1 Å². The second-order valence-electron chi connectivity index (χ2n) is 9.29. The van der Waals surface area contributed by atoms with Crippen molar-refractivity contribution in [3.05, 3.63) is 59.7 Å². The molecule has 2 atom stereocenters. The van der Waals surface area contributed by atoms with Crippen LogP contribution in [0.1, 0.15) is 41.6 Å². The lowest BCUT2D eigenvalue weighted by Gasteiger charge is -2.27. The Morgan fingerprint density at radius 2 is 1.65 bits per heavy atom. The van der Waals surface area contributed by atoms with Crippen LogP contribution in [0, 0.1) is 0 Å². The summed E-state index contributed by atoms with van der Waals surface area (Å²) in [5.41, 5.74) is 1.76. The van der Waals surface area contributed by atoms with Crippen LogP contribution in [0.15, 0.2) is 48.5 Å². The molecule has 2 aromatic carbocycles. The lowest BCUT2D eigenvalue weighted by molar-refractivity contribution is 0.0798. The highest BCUT2D eigenvalue weighted by atomic mass is 16.5. The minimum Gasteiger partial charge on any atom is -0.497 e. The molecule has 0 aliphatic carbocycles. The summed E-state index contributed by atoms with van der Waals surface area (Å²) >= 11 is 0. The minimum absolute atomic E-state index is 0.168. The van der Waals surface area contributed by atoms with E-state index in [2.05, 4.69) is 27.2 Å². The van der Waals surface area contributed by atoms with E-state index in [1.165, 1.54) is 18.4 Å². The molecule has 2 fully saturated rings. The smallest absolute Gasteiger partial charge is 0.251 e. The maximum absolute atomic E-state index is 12.9. The fraction of sp³-hybridized carbons (Fsp3) is 0.519. The van der Waals surface area contributed by atoms with Crippen molar-refractivity contribution in [2.45, 2.75) is 44.4 Å². The van der Waals surface area contributed by atoms with Gasteiger partial charge in [0.25, 0.3) is 5.91 Å². The first-order valence-electron chi connectivity index (χ1n) is 12.4. The number of nitrogens with one attached hydrogen (secondary N) is 1. The normalized spacial score (nSPS) is 21.7. The molecule has 7 nitrogen and oxygen atoms in total. The molecule has 2 aliphatic heterocycles. The highest BCUT2D eigenvalue weighted by Crippen LogP contribution is 2.18. The van der Waals surface area contributed by atoms with E-state index >= 15 is 0 Å². The molecule has 0 bridgehead atoms. The number of hydrogen-bond donors (Lipinski definition) is 2. The molecule has 34 heavy (non-hydrogen) atoms. The number of hydrogen-bond acceptors (Lipinski definition) is 6. The SMILES string of the molecule is COc1ccc(CN2CCC[C@@H](O)[C@H](NC(=O)c3ccc(OCCN4CCCC4)cc3)C2)cc1.